The van der Waals surface area contributed by atoms with Crippen molar-refractivity contribution in [1.29, 1.82) is 0 Å². The second kappa shape index (κ2) is 6.63. The van der Waals surface area contributed by atoms with Crippen molar-refractivity contribution in [3.63, 3.8) is 0 Å². The highest BCUT2D eigenvalue weighted by molar-refractivity contribution is 5.92. The van der Waals surface area contributed by atoms with Crippen LogP contribution in [0.15, 0.2) is 47.1 Å². The zero-order chi connectivity index (χ0) is 18.1. The first kappa shape index (κ1) is 16.3. The average Bonchev–Trinajstić information content (AvgIpc) is 3.26. The van der Waals surface area contributed by atoms with Gasteiger partial charge in [-0.15, -0.1) is 0 Å². The summed E-state index contributed by atoms with van der Waals surface area (Å²) < 4.78 is 11.0. The van der Waals surface area contributed by atoms with Crippen molar-refractivity contribution in [2.24, 2.45) is 0 Å². The van der Waals surface area contributed by atoms with Gasteiger partial charge in [0, 0.05) is 24.2 Å². The van der Waals surface area contributed by atoms with E-state index in [9.17, 15) is 4.79 Å². The fourth-order valence-corrected chi connectivity index (χ4v) is 3.05. The van der Waals surface area contributed by atoms with Crippen LogP contribution >= 0.6 is 0 Å². The second-order valence-corrected chi connectivity index (χ2v) is 6.49. The van der Waals surface area contributed by atoms with Gasteiger partial charge in [-0.25, -0.2) is 0 Å². The van der Waals surface area contributed by atoms with Gasteiger partial charge in [0.2, 0.25) is 0 Å². The van der Waals surface area contributed by atoms with Gasteiger partial charge in [-0.05, 0) is 37.1 Å². The predicted octanol–water partition coefficient (Wildman–Crippen LogP) is 3.09. The summed E-state index contributed by atoms with van der Waals surface area (Å²) in [6.45, 7) is 4.17. The standard InChI is InChI=1S/C20H19N3O3/c1-12-6-7-17(21-10-12)16-5-3-4-14-9-15(25-19(14)16)11-22-20(24)18-8-13(2)26-23-18/h3-8,10,15H,9,11H2,1-2H3,(H,22,24)/t15-/m0/s1. The first-order chi connectivity index (χ1) is 12.6. The van der Waals surface area contributed by atoms with E-state index in [1.807, 2.05) is 37.4 Å². The number of ether oxygens (including phenoxy) is 1. The maximum atomic E-state index is 12.1. The Morgan fingerprint density at radius 2 is 2.15 bits per heavy atom. The molecule has 0 spiro atoms. The smallest absolute Gasteiger partial charge is 0.273 e. The number of fused-ring (bicyclic) bond motifs is 1. The molecule has 26 heavy (non-hydrogen) atoms. The van der Waals surface area contributed by atoms with Crippen molar-refractivity contribution in [2.75, 3.05) is 6.54 Å². The molecular formula is C20H19N3O3. The van der Waals surface area contributed by atoms with E-state index in [2.05, 4.69) is 21.5 Å². The molecule has 3 heterocycles. The quantitative estimate of drug-likeness (QED) is 0.783. The van der Waals surface area contributed by atoms with E-state index in [0.717, 1.165) is 34.6 Å². The van der Waals surface area contributed by atoms with Crippen LogP contribution in [-0.4, -0.2) is 28.7 Å². The van der Waals surface area contributed by atoms with Gasteiger partial charge in [-0.3, -0.25) is 9.78 Å². The monoisotopic (exact) mass is 349 g/mol. The van der Waals surface area contributed by atoms with E-state index in [1.54, 1.807) is 13.0 Å². The number of benzene rings is 1. The van der Waals surface area contributed by atoms with Crippen molar-refractivity contribution in [3.05, 3.63) is 65.2 Å². The van der Waals surface area contributed by atoms with Gasteiger partial charge in [-0.2, -0.15) is 0 Å². The lowest BCUT2D eigenvalue weighted by Crippen LogP contribution is -2.34. The predicted molar refractivity (Wildman–Crippen MR) is 96.1 cm³/mol. The van der Waals surface area contributed by atoms with Crippen LogP contribution in [0.1, 0.15) is 27.4 Å². The van der Waals surface area contributed by atoms with E-state index in [-0.39, 0.29) is 17.7 Å². The Labute approximate surface area is 151 Å². The summed E-state index contributed by atoms with van der Waals surface area (Å²) in [6.07, 6.45) is 2.47. The SMILES string of the molecule is Cc1ccc(-c2cccc3c2O[C@H](CNC(=O)c2cc(C)on2)C3)nc1. The molecule has 0 saturated heterocycles. The van der Waals surface area contributed by atoms with Crippen molar-refractivity contribution >= 4 is 5.91 Å². The van der Waals surface area contributed by atoms with Gasteiger partial charge in [0.05, 0.1) is 12.2 Å². The van der Waals surface area contributed by atoms with Crippen molar-refractivity contribution < 1.29 is 14.1 Å². The number of pyridine rings is 1. The van der Waals surface area contributed by atoms with Crippen LogP contribution in [0.5, 0.6) is 5.75 Å². The Hall–Kier alpha value is -3.15. The summed E-state index contributed by atoms with van der Waals surface area (Å²) in [6, 6.07) is 11.7. The molecule has 0 aliphatic carbocycles. The molecule has 2 aromatic heterocycles. The number of aryl methyl sites for hydroxylation is 2. The Kier molecular flexibility index (Phi) is 4.16. The molecule has 1 aliphatic rings. The number of amides is 1. The Bertz CT molecular complexity index is 947. The van der Waals surface area contributed by atoms with Crippen LogP contribution in [0, 0.1) is 13.8 Å². The number of para-hydroxylation sites is 1. The molecule has 0 unspecified atom stereocenters. The number of carbonyl (C=O) groups excluding carboxylic acids is 1. The molecule has 0 fully saturated rings. The Balaban J connectivity index is 1.46. The molecule has 132 valence electrons. The van der Waals surface area contributed by atoms with E-state index in [0.29, 0.717) is 12.3 Å². The summed E-state index contributed by atoms with van der Waals surface area (Å²) in [5.74, 6) is 1.19. The number of aromatic nitrogens is 2. The molecule has 1 N–H and O–H groups in total. The highest BCUT2D eigenvalue weighted by atomic mass is 16.5. The lowest BCUT2D eigenvalue weighted by atomic mass is 10.0. The van der Waals surface area contributed by atoms with Crippen LogP contribution in [0.25, 0.3) is 11.3 Å². The summed E-state index contributed by atoms with van der Waals surface area (Å²) in [7, 11) is 0. The van der Waals surface area contributed by atoms with Crippen LogP contribution in [0.2, 0.25) is 0 Å². The molecule has 0 radical (unpaired) electrons. The molecule has 0 saturated carbocycles. The number of nitrogens with one attached hydrogen (secondary N) is 1. The zero-order valence-corrected chi connectivity index (χ0v) is 14.7. The lowest BCUT2D eigenvalue weighted by Gasteiger charge is -2.13. The molecule has 6 heteroatoms. The molecule has 3 aromatic rings. The first-order valence-electron chi connectivity index (χ1n) is 8.53. The third kappa shape index (κ3) is 3.18. The number of hydrogen-bond donors (Lipinski definition) is 1. The highest BCUT2D eigenvalue weighted by Gasteiger charge is 2.26. The fraction of sp³-hybridized carbons (Fsp3) is 0.250. The first-order valence-corrected chi connectivity index (χ1v) is 8.53. The van der Waals surface area contributed by atoms with Crippen LogP contribution < -0.4 is 10.1 Å². The van der Waals surface area contributed by atoms with Crippen molar-refractivity contribution in [3.8, 4) is 17.0 Å². The summed E-state index contributed by atoms with van der Waals surface area (Å²) >= 11 is 0. The molecule has 6 nitrogen and oxygen atoms in total. The zero-order valence-electron chi connectivity index (χ0n) is 14.7. The number of rotatable bonds is 4. The van der Waals surface area contributed by atoms with Crippen LogP contribution in [0.4, 0.5) is 0 Å². The van der Waals surface area contributed by atoms with E-state index in [1.165, 1.54) is 0 Å². The maximum absolute atomic E-state index is 12.1. The van der Waals surface area contributed by atoms with Gasteiger partial charge in [-0.1, -0.05) is 23.4 Å². The number of nitrogens with zero attached hydrogens (tertiary/aromatic N) is 2. The van der Waals surface area contributed by atoms with Crippen LogP contribution in [0.3, 0.4) is 0 Å². The Morgan fingerprint density at radius 3 is 2.88 bits per heavy atom. The van der Waals surface area contributed by atoms with Crippen LogP contribution in [-0.2, 0) is 6.42 Å². The Morgan fingerprint density at radius 1 is 1.27 bits per heavy atom. The summed E-state index contributed by atoms with van der Waals surface area (Å²) in [5, 5.41) is 6.58. The normalized spacial score (nSPS) is 15.4. The maximum Gasteiger partial charge on any atom is 0.273 e. The molecule has 0 bridgehead atoms. The van der Waals surface area contributed by atoms with Gasteiger partial charge in [0.1, 0.15) is 17.6 Å². The van der Waals surface area contributed by atoms with E-state index >= 15 is 0 Å². The third-order valence-corrected chi connectivity index (χ3v) is 4.37. The van der Waals surface area contributed by atoms with E-state index < -0.39 is 0 Å². The molecule has 1 aliphatic heterocycles. The minimum Gasteiger partial charge on any atom is -0.487 e. The average molecular weight is 349 g/mol. The molecular weight excluding hydrogens is 330 g/mol. The van der Waals surface area contributed by atoms with Crippen molar-refractivity contribution in [2.45, 2.75) is 26.4 Å². The third-order valence-electron chi connectivity index (χ3n) is 4.37. The van der Waals surface area contributed by atoms with Crippen molar-refractivity contribution in [1.82, 2.24) is 15.5 Å². The van der Waals surface area contributed by atoms with Gasteiger partial charge < -0.3 is 14.6 Å². The molecule has 1 aromatic carbocycles. The number of hydrogen-bond acceptors (Lipinski definition) is 5. The minimum absolute atomic E-state index is 0.117. The molecule has 1 amide bonds. The summed E-state index contributed by atoms with van der Waals surface area (Å²) in [4.78, 5) is 16.6. The number of carbonyl (C=O) groups is 1. The molecule has 4 rings (SSSR count). The van der Waals surface area contributed by atoms with Gasteiger partial charge in [0.15, 0.2) is 5.69 Å². The highest BCUT2D eigenvalue weighted by Crippen LogP contribution is 2.37. The van der Waals surface area contributed by atoms with E-state index in [4.69, 9.17) is 9.26 Å². The largest absolute Gasteiger partial charge is 0.487 e. The van der Waals surface area contributed by atoms with Gasteiger partial charge >= 0.3 is 0 Å². The van der Waals surface area contributed by atoms with Gasteiger partial charge in [0.25, 0.3) is 5.91 Å². The summed E-state index contributed by atoms with van der Waals surface area (Å²) in [5.41, 5.74) is 4.38. The second-order valence-electron chi connectivity index (χ2n) is 6.49. The topological polar surface area (TPSA) is 77.2 Å². The minimum atomic E-state index is -0.262. The fourth-order valence-electron chi connectivity index (χ4n) is 3.05. The lowest BCUT2D eigenvalue weighted by molar-refractivity contribution is 0.0924. The molecule has 1 atom stereocenters.